The summed E-state index contributed by atoms with van der Waals surface area (Å²) in [6.45, 7) is 5.38. The molecule has 0 aromatic carbocycles. The second kappa shape index (κ2) is 15.3. The lowest BCUT2D eigenvalue weighted by molar-refractivity contribution is -0.137. The van der Waals surface area contributed by atoms with E-state index in [9.17, 15) is 19.5 Å². The number of aliphatic hydroxyl groups is 2. The highest BCUT2D eigenvalue weighted by Crippen LogP contribution is 2.19. The van der Waals surface area contributed by atoms with Crippen LogP contribution in [0, 0.1) is 5.41 Å². The number of aliphatic hydroxyl groups excluding tert-OH is 2. The Bertz CT molecular complexity index is 557. The van der Waals surface area contributed by atoms with Crippen molar-refractivity contribution in [1.29, 1.82) is 0 Å². The SMILES string of the molecule is CCCCC=C=CCC(=O)SCCNC(=O)CCNC(=O)C(O)C(C)(C)CO. The van der Waals surface area contributed by atoms with Crippen molar-refractivity contribution in [2.24, 2.45) is 5.41 Å². The summed E-state index contributed by atoms with van der Waals surface area (Å²) in [5, 5.41) is 24.1. The highest BCUT2D eigenvalue weighted by atomic mass is 32.2. The van der Waals surface area contributed by atoms with Gasteiger partial charge in [-0.3, -0.25) is 14.4 Å². The molecular formula is C20H34N2O5S. The van der Waals surface area contributed by atoms with Crippen LogP contribution in [-0.4, -0.2) is 58.7 Å². The van der Waals surface area contributed by atoms with Gasteiger partial charge in [-0.2, -0.15) is 0 Å². The average molecular weight is 415 g/mol. The van der Waals surface area contributed by atoms with Crippen LogP contribution in [0.15, 0.2) is 17.9 Å². The van der Waals surface area contributed by atoms with E-state index in [4.69, 9.17) is 5.11 Å². The number of hydrogen-bond donors (Lipinski definition) is 4. The van der Waals surface area contributed by atoms with Crippen molar-refractivity contribution in [2.75, 3.05) is 25.4 Å². The zero-order valence-electron chi connectivity index (χ0n) is 17.1. The molecule has 0 aromatic heterocycles. The van der Waals surface area contributed by atoms with E-state index in [0.29, 0.717) is 18.7 Å². The van der Waals surface area contributed by atoms with Crippen molar-refractivity contribution in [3.8, 4) is 0 Å². The van der Waals surface area contributed by atoms with Crippen molar-refractivity contribution >= 4 is 28.7 Å². The van der Waals surface area contributed by atoms with Crippen LogP contribution >= 0.6 is 11.8 Å². The molecule has 0 aliphatic rings. The lowest BCUT2D eigenvalue weighted by atomic mass is 9.87. The molecule has 0 fully saturated rings. The summed E-state index contributed by atoms with van der Waals surface area (Å²) in [5.74, 6) is -0.388. The molecule has 0 aliphatic carbocycles. The maximum absolute atomic E-state index is 11.8. The molecule has 160 valence electrons. The number of nitrogens with one attached hydrogen (secondary N) is 2. The largest absolute Gasteiger partial charge is 0.396 e. The standard InChI is InChI=1S/C20H34N2O5S/c1-4-5-6-7-8-9-10-17(25)28-14-13-21-16(24)11-12-22-19(27)18(26)20(2,3)15-23/h7,9,18,23,26H,4-6,10-15H2,1-3H3,(H,21,24)(H,22,27). The van der Waals surface area contributed by atoms with Gasteiger partial charge in [-0.05, 0) is 25.0 Å². The van der Waals surface area contributed by atoms with Crippen molar-refractivity contribution in [3.05, 3.63) is 17.9 Å². The molecule has 0 aromatic rings. The minimum Gasteiger partial charge on any atom is -0.396 e. The molecule has 0 spiro atoms. The number of thioether (sulfide) groups is 1. The second-order valence-electron chi connectivity index (χ2n) is 7.08. The molecule has 1 atom stereocenters. The molecule has 1 unspecified atom stereocenters. The zero-order valence-corrected chi connectivity index (χ0v) is 17.9. The van der Waals surface area contributed by atoms with Crippen molar-refractivity contribution in [3.63, 3.8) is 0 Å². The summed E-state index contributed by atoms with van der Waals surface area (Å²) >= 11 is 1.16. The van der Waals surface area contributed by atoms with Crippen molar-refractivity contribution < 1.29 is 24.6 Å². The minimum atomic E-state index is -1.35. The quantitative estimate of drug-likeness (QED) is 0.253. The van der Waals surface area contributed by atoms with Crippen LogP contribution in [0.1, 0.15) is 52.9 Å². The van der Waals surface area contributed by atoms with Crippen LogP contribution in [0.2, 0.25) is 0 Å². The monoisotopic (exact) mass is 414 g/mol. The lowest BCUT2D eigenvalue weighted by Crippen LogP contribution is -2.46. The van der Waals surface area contributed by atoms with E-state index in [1.54, 1.807) is 19.9 Å². The summed E-state index contributed by atoms with van der Waals surface area (Å²) in [4.78, 5) is 35.1. The molecule has 7 nitrogen and oxygen atoms in total. The molecule has 28 heavy (non-hydrogen) atoms. The van der Waals surface area contributed by atoms with E-state index in [2.05, 4.69) is 23.3 Å². The van der Waals surface area contributed by atoms with Gasteiger partial charge in [-0.15, -0.1) is 5.73 Å². The Kier molecular flexibility index (Phi) is 14.5. The smallest absolute Gasteiger partial charge is 0.249 e. The third kappa shape index (κ3) is 12.7. The van der Waals surface area contributed by atoms with Crippen LogP contribution in [0.5, 0.6) is 0 Å². The molecule has 0 saturated carbocycles. The van der Waals surface area contributed by atoms with Gasteiger partial charge in [-0.1, -0.05) is 39.0 Å². The van der Waals surface area contributed by atoms with Gasteiger partial charge in [0.1, 0.15) is 6.10 Å². The normalized spacial score (nSPS) is 11.9. The fourth-order valence-corrected chi connectivity index (χ4v) is 2.59. The van der Waals surface area contributed by atoms with E-state index in [1.165, 1.54) is 0 Å². The highest BCUT2D eigenvalue weighted by Gasteiger charge is 2.32. The summed E-state index contributed by atoms with van der Waals surface area (Å²) in [6, 6.07) is 0. The van der Waals surface area contributed by atoms with Crippen LogP contribution < -0.4 is 10.6 Å². The van der Waals surface area contributed by atoms with Crippen LogP contribution in [-0.2, 0) is 14.4 Å². The van der Waals surface area contributed by atoms with Gasteiger partial charge in [0.2, 0.25) is 11.8 Å². The predicted octanol–water partition coefficient (Wildman–Crippen LogP) is 1.54. The molecular weight excluding hydrogens is 380 g/mol. The number of carbonyl (C=O) groups excluding carboxylic acids is 3. The van der Waals surface area contributed by atoms with E-state index in [-0.39, 0.29) is 30.6 Å². The van der Waals surface area contributed by atoms with E-state index in [1.807, 2.05) is 6.08 Å². The van der Waals surface area contributed by atoms with Crippen LogP contribution in [0.4, 0.5) is 0 Å². The van der Waals surface area contributed by atoms with Gasteiger partial charge in [-0.25, -0.2) is 0 Å². The molecule has 2 amide bonds. The Labute approximate surface area is 172 Å². The summed E-state index contributed by atoms with van der Waals surface area (Å²) in [7, 11) is 0. The third-order valence-corrected chi connectivity index (χ3v) is 4.84. The fourth-order valence-electron chi connectivity index (χ4n) is 1.96. The van der Waals surface area contributed by atoms with Gasteiger partial charge >= 0.3 is 0 Å². The lowest BCUT2D eigenvalue weighted by Gasteiger charge is -2.27. The maximum atomic E-state index is 11.8. The van der Waals surface area contributed by atoms with E-state index in [0.717, 1.165) is 31.0 Å². The molecule has 8 heteroatoms. The van der Waals surface area contributed by atoms with Crippen molar-refractivity contribution in [1.82, 2.24) is 10.6 Å². The van der Waals surface area contributed by atoms with Gasteiger partial charge in [0.05, 0.1) is 6.61 Å². The van der Waals surface area contributed by atoms with E-state index < -0.39 is 17.4 Å². The van der Waals surface area contributed by atoms with Gasteiger partial charge < -0.3 is 20.8 Å². The molecule has 0 rings (SSSR count). The molecule has 0 heterocycles. The number of hydrogen-bond acceptors (Lipinski definition) is 6. The number of unbranched alkanes of at least 4 members (excludes halogenated alkanes) is 2. The van der Waals surface area contributed by atoms with Gasteiger partial charge in [0.15, 0.2) is 5.12 Å². The first kappa shape index (κ1) is 26.4. The first-order valence-electron chi connectivity index (χ1n) is 9.63. The Hall–Kier alpha value is -1.60. The number of amides is 2. The minimum absolute atomic E-state index is 0.0263. The molecule has 0 bridgehead atoms. The number of rotatable bonds is 14. The zero-order chi connectivity index (χ0) is 21.4. The predicted molar refractivity (Wildman–Crippen MR) is 112 cm³/mol. The molecule has 0 radical (unpaired) electrons. The van der Waals surface area contributed by atoms with Crippen molar-refractivity contribution in [2.45, 2.75) is 59.0 Å². The second-order valence-corrected chi connectivity index (χ2v) is 8.23. The molecule has 0 saturated heterocycles. The summed E-state index contributed by atoms with van der Waals surface area (Å²) in [6.07, 6.45) is 5.92. The highest BCUT2D eigenvalue weighted by molar-refractivity contribution is 8.13. The molecule has 0 aliphatic heterocycles. The Morgan fingerprint density at radius 1 is 1.18 bits per heavy atom. The Morgan fingerprint density at radius 3 is 2.54 bits per heavy atom. The first-order valence-corrected chi connectivity index (χ1v) is 10.6. The summed E-state index contributed by atoms with van der Waals surface area (Å²) in [5.41, 5.74) is 2.04. The van der Waals surface area contributed by atoms with Crippen LogP contribution in [0.25, 0.3) is 0 Å². The topological polar surface area (TPSA) is 116 Å². The molecule has 4 N–H and O–H groups in total. The number of carbonyl (C=O) groups is 3. The average Bonchev–Trinajstić information content (AvgIpc) is 2.67. The first-order chi connectivity index (χ1) is 13.2. The Balaban J connectivity index is 3.84. The fraction of sp³-hybridized carbons (Fsp3) is 0.700. The van der Waals surface area contributed by atoms with Gasteiger partial charge in [0, 0.05) is 37.1 Å². The van der Waals surface area contributed by atoms with Crippen LogP contribution in [0.3, 0.4) is 0 Å². The maximum Gasteiger partial charge on any atom is 0.249 e. The third-order valence-electron chi connectivity index (χ3n) is 3.94. The summed E-state index contributed by atoms with van der Waals surface area (Å²) < 4.78 is 0. The van der Waals surface area contributed by atoms with E-state index >= 15 is 0 Å². The van der Waals surface area contributed by atoms with Gasteiger partial charge in [0.25, 0.3) is 0 Å². The number of allylic oxidation sites excluding steroid dienone is 1. The Morgan fingerprint density at radius 2 is 1.89 bits per heavy atom.